The van der Waals surface area contributed by atoms with Crippen LogP contribution in [0.1, 0.15) is 39.0 Å². The zero-order valence-electron chi connectivity index (χ0n) is 9.54. The van der Waals surface area contributed by atoms with E-state index in [2.05, 4.69) is 12.2 Å². The molecule has 4 heteroatoms. The number of nitrogens with one attached hydrogen (secondary N) is 1. The molecule has 0 aromatic carbocycles. The van der Waals surface area contributed by atoms with Gasteiger partial charge in [-0.3, -0.25) is 0 Å². The first-order valence-electron chi connectivity index (χ1n) is 5.95. The summed E-state index contributed by atoms with van der Waals surface area (Å²) in [6, 6.07) is 0.0267. The zero-order valence-corrected chi connectivity index (χ0v) is 9.54. The minimum Gasteiger partial charge on any atom is -0.394 e. The summed E-state index contributed by atoms with van der Waals surface area (Å²) in [5.41, 5.74) is 0. The van der Waals surface area contributed by atoms with Crippen molar-refractivity contribution in [3.63, 3.8) is 0 Å². The van der Waals surface area contributed by atoms with Crippen LogP contribution < -0.4 is 5.32 Å². The lowest BCUT2D eigenvalue weighted by molar-refractivity contribution is 0.157. The number of unbranched alkanes of at least 4 members (excludes halogenated alkanes) is 2. The van der Waals surface area contributed by atoms with E-state index in [0.29, 0.717) is 0 Å². The summed E-state index contributed by atoms with van der Waals surface area (Å²) in [6.45, 7) is 3.76. The van der Waals surface area contributed by atoms with Crippen LogP contribution in [0.15, 0.2) is 0 Å². The third-order valence-electron chi connectivity index (χ3n) is 2.91. The van der Waals surface area contributed by atoms with Crippen molar-refractivity contribution in [2.24, 2.45) is 0 Å². The van der Waals surface area contributed by atoms with Gasteiger partial charge >= 0.3 is 6.03 Å². The molecule has 0 unspecified atom stereocenters. The molecule has 0 spiro atoms. The van der Waals surface area contributed by atoms with E-state index in [-0.39, 0.29) is 18.7 Å². The molecule has 2 N–H and O–H groups in total. The first-order chi connectivity index (χ1) is 7.29. The molecule has 0 bridgehead atoms. The van der Waals surface area contributed by atoms with E-state index in [0.717, 1.165) is 38.8 Å². The first-order valence-corrected chi connectivity index (χ1v) is 5.95. The summed E-state index contributed by atoms with van der Waals surface area (Å²) in [5.74, 6) is 0. The predicted octanol–water partition coefficient (Wildman–Crippen LogP) is 1.34. The van der Waals surface area contributed by atoms with Gasteiger partial charge in [-0.2, -0.15) is 0 Å². The predicted molar refractivity (Wildman–Crippen MR) is 59.7 cm³/mol. The van der Waals surface area contributed by atoms with Crippen LogP contribution in [0.25, 0.3) is 0 Å². The Hall–Kier alpha value is -0.770. The lowest BCUT2D eigenvalue weighted by Crippen LogP contribution is -2.44. The molecule has 15 heavy (non-hydrogen) atoms. The maximum absolute atomic E-state index is 11.7. The highest BCUT2D eigenvalue weighted by atomic mass is 16.3. The van der Waals surface area contributed by atoms with Crippen LogP contribution in [0, 0.1) is 0 Å². The number of hydrogen-bond acceptors (Lipinski definition) is 2. The number of hydrogen-bond donors (Lipinski definition) is 2. The average Bonchev–Trinajstić information content (AvgIpc) is 2.72. The van der Waals surface area contributed by atoms with Crippen molar-refractivity contribution in [2.75, 3.05) is 19.7 Å². The van der Waals surface area contributed by atoms with Gasteiger partial charge in [0.05, 0.1) is 12.6 Å². The smallest absolute Gasteiger partial charge is 0.317 e. The van der Waals surface area contributed by atoms with Gasteiger partial charge in [0.25, 0.3) is 0 Å². The van der Waals surface area contributed by atoms with E-state index in [1.165, 1.54) is 6.42 Å². The van der Waals surface area contributed by atoms with Gasteiger partial charge in [-0.25, -0.2) is 4.79 Å². The van der Waals surface area contributed by atoms with Crippen LogP contribution in [-0.2, 0) is 0 Å². The molecule has 1 rings (SSSR count). The molecule has 0 aromatic heterocycles. The van der Waals surface area contributed by atoms with Crippen LogP contribution in [0.2, 0.25) is 0 Å². The topological polar surface area (TPSA) is 52.6 Å². The highest BCUT2D eigenvalue weighted by Gasteiger charge is 2.27. The molecule has 0 radical (unpaired) electrons. The number of rotatable bonds is 5. The Balaban J connectivity index is 2.21. The lowest BCUT2D eigenvalue weighted by Gasteiger charge is -2.23. The third kappa shape index (κ3) is 3.70. The molecule has 0 aliphatic carbocycles. The van der Waals surface area contributed by atoms with E-state index in [9.17, 15) is 4.79 Å². The Labute approximate surface area is 91.6 Å². The fraction of sp³-hybridized carbons (Fsp3) is 0.909. The molecule has 1 atom stereocenters. The van der Waals surface area contributed by atoms with E-state index >= 15 is 0 Å². The number of amides is 2. The van der Waals surface area contributed by atoms with Gasteiger partial charge < -0.3 is 15.3 Å². The summed E-state index contributed by atoms with van der Waals surface area (Å²) < 4.78 is 0. The second kappa shape index (κ2) is 6.67. The van der Waals surface area contributed by atoms with Crippen LogP contribution in [-0.4, -0.2) is 41.8 Å². The van der Waals surface area contributed by atoms with Crippen molar-refractivity contribution in [1.29, 1.82) is 0 Å². The number of nitrogens with zero attached hydrogens (tertiary/aromatic N) is 1. The number of aliphatic hydroxyl groups is 1. The standard InChI is InChI=1S/C11H22N2O2/c1-2-3-4-7-12-11(15)13-8-5-6-10(13)9-14/h10,14H,2-9H2,1H3,(H,12,15)/t10-/m0/s1. The molecule has 1 saturated heterocycles. The van der Waals surface area contributed by atoms with Crippen molar-refractivity contribution < 1.29 is 9.90 Å². The summed E-state index contributed by atoms with van der Waals surface area (Å²) in [7, 11) is 0. The van der Waals surface area contributed by atoms with Gasteiger partial charge in [0.15, 0.2) is 0 Å². The summed E-state index contributed by atoms with van der Waals surface area (Å²) in [4.78, 5) is 13.4. The fourth-order valence-corrected chi connectivity index (χ4v) is 1.96. The first kappa shape index (κ1) is 12.3. The molecular weight excluding hydrogens is 192 g/mol. The summed E-state index contributed by atoms with van der Waals surface area (Å²) in [6.07, 6.45) is 5.30. The summed E-state index contributed by atoms with van der Waals surface area (Å²) >= 11 is 0. The summed E-state index contributed by atoms with van der Waals surface area (Å²) in [5, 5.41) is 12.0. The van der Waals surface area contributed by atoms with Crippen molar-refractivity contribution >= 4 is 6.03 Å². The third-order valence-corrected chi connectivity index (χ3v) is 2.91. The zero-order chi connectivity index (χ0) is 11.1. The average molecular weight is 214 g/mol. The Kier molecular flexibility index (Phi) is 5.47. The molecule has 4 nitrogen and oxygen atoms in total. The Morgan fingerprint density at radius 3 is 3.00 bits per heavy atom. The Morgan fingerprint density at radius 1 is 1.53 bits per heavy atom. The maximum atomic E-state index is 11.7. The monoisotopic (exact) mass is 214 g/mol. The fourth-order valence-electron chi connectivity index (χ4n) is 1.96. The van der Waals surface area contributed by atoms with E-state index in [1.54, 1.807) is 4.90 Å². The minimum atomic E-state index is -0.0114. The van der Waals surface area contributed by atoms with E-state index in [1.807, 2.05) is 0 Å². The molecule has 0 aromatic rings. The van der Waals surface area contributed by atoms with Gasteiger partial charge in [-0.15, -0.1) is 0 Å². The Bertz CT molecular complexity index is 197. The number of carbonyl (C=O) groups is 1. The van der Waals surface area contributed by atoms with Crippen LogP contribution in [0.5, 0.6) is 0 Å². The highest BCUT2D eigenvalue weighted by Crippen LogP contribution is 2.16. The van der Waals surface area contributed by atoms with E-state index < -0.39 is 0 Å². The van der Waals surface area contributed by atoms with Crippen molar-refractivity contribution in [1.82, 2.24) is 10.2 Å². The lowest BCUT2D eigenvalue weighted by atomic mass is 10.2. The number of carbonyl (C=O) groups excluding carboxylic acids is 1. The van der Waals surface area contributed by atoms with Gasteiger partial charge in [-0.05, 0) is 19.3 Å². The van der Waals surface area contributed by atoms with Gasteiger partial charge in [0.2, 0.25) is 0 Å². The largest absolute Gasteiger partial charge is 0.394 e. The van der Waals surface area contributed by atoms with Gasteiger partial charge in [-0.1, -0.05) is 19.8 Å². The van der Waals surface area contributed by atoms with Crippen LogP contribution >= 0.6 is 0 Å². The molecular formula is C11H22N2O2. The number of likely N-dealkylation sites (tertiary alicyclic amines) is 1. The molecule has 88 valence electrons. The molecule has 1 aliphatic rings. The van der Waals surface area contributed by atoms with Crippen molar-refractivity contribution in [3.05, 3.63) is 0 Å². The van der Waals surface area contributed by atoms with Crippen molar-refractivity contribution in [3.8, 4) is 0 Å². The number of urea groups is 1. The van der Waals surface area contributed by atoms with E-state index in [4.69, 9.17) is 5.11 Å². The van der Waals surface area contributed by atoms with Crippen LogP contribution in [0.4, 0.5) is 4.79 Å². The molecule has 1 fully saturated rings. The molecule has 0 saturated carbocycles. The minimum absolute atomic E-state index is 0.0114. The number of aliphatic hydroxyl groups excluding tert-OH is 1. The maximum Gasteiger partial charge on any atom is 0.317 e. The Morgan fingerprint density at radius 2 is 2.33 bits per heavy atom. The quantitative estimate of drug-likeness (QED) is 0.679. The molecule has 1 heterocycles. The van der Waals surface area contributed by atoms with Crippen LogP contribution in [0.3, 0.4) is 0 Å². The van der Waals surface area contributed by atoms with Gasteiger partial charge in [0.1, 0.15) is 0 Å². The normalized spacial score (nSPS) is 20.7. The van der Waals surface area contributed by atoms with Crippen molar-refractivity contribution in [2.45, 2.75) is 45.1 Å². The van der Waals surface area contributed by atoms with Gasteiger partial charge in [0, 0.05) is 13.1 Å². The SMILES string of the molecule is CCCCCNC(=O)N1CCC[C@H]1CO. The second-order valence-corrected chi connectivity index (χ2v) is 4.11. The highest BCUT2D eigenvalue weighted by molar-refractivity contribution is 5.74. The molecule has 1 aliphatic heterocycles. The molecule has 2 amide bonds. The second-order valence-electron chi connectivity index (χ2n) is 4.11.